The van der Waals surface area contributed by atoms with Crippen LogP contribution in [0.3, 0.4) is 0 Å². The van der Waals surface area contributed by atoms with Crippen LogP contribution in [0.1, 0.15) is 28.4 Å². The average Bonchev–Trinajstić information content (AvgIpc) is 3.36. The van der Waals surface area contributed by atoms with Crippen molar-refractivity contribution in [3.8, 4) is 5.88 Å². The van der Waals surface area contributed by atoms with Crippen molar-refractivity contribution in [3.05, 3.63) is 47.7 Å². The minimum Gasteiger partial charge on any atom is -0.475 e. The number of pyridine rings is 1. The standard InChI is InChI=1S/C19H17FN6O4/c20-11-5-12-14-2-4-30-26(14)15-1-3-25-16(23-15)13(7-22-25)17(27)24-19(8-28-9-19)10-29-18(12)21-6-11/h1,3,5-7,14H,2,4,8-10H2,(H,24,27)/t14-/m0/s1. The van der Waals surface area contributed by atoms with E-state index in [-0.39, 0.29) is 18.6 Å². The molecule has 11 heteroatoms. The van der Waals surface area contributed by atoms with Crippen LogP contribution in [0, 0.1) is 5.82 Å². The number of carbonyl (C=O) groups excluding carboxylic acids is 1. The molecule has 0 aliphatic carbocycles. The SMILES string of the molecule is O=C1NC2(COC2)COc2ncc(F)cc2[C@@H]2CCON2c2ccn3ncc1c3n2. The molecule has 2 bridgehead atoms. The number of nitrogens with one attached hydrogen (secondary N) is 1. The third-order valence-corrected chi connectivity index (χ3v) is 5.55. The molecule has 0 unspecified atom stereocenters. The lowest BCUT2D eigenvalue weighted by Crippen LogP contribution is -2.65. The van der Waals surface area contributed by atoms with Crippen molar-refractivity contribution in [3.63, 3.8) is 0 Å². The van der Waals surface area contributed by atoms with Crippen LogP contribution in [0.5, 0.6) is 5.88 Å². The highest BCUT2D eigenvalue weighted by molar-refractivity contribution is 6.00. The highest BCUT2D eigenvalue weighted by atomic mass is 19.1. The van der Waals surface area contributed by atoms with Crippen molar-refractivity contribution in [2.45, 2.75) is 18.0 Å². The number of fused-ring (bicyclic) bond motifs is 5. The first kappa shape index (κ1) is 17.5. The lowest BCUT2D eigenvalue weighted by Gasteiger charge is -2.41. The topological polar surface area (TPSA) is 103 Å². The van der Waals surface area contributed by atoms with Crippen LogP contribution in [0.2, 0.25) is 0 Å². The lowest BCUT2D eigenvalue weighted by molar-refractivity contribution is -0.0881. The number of hydrogen-bond donors (Lipinski definition) is 1. The summed E-state index contributed by atoms with van der Waals surface area (Å²) in [5.74, 6) is -0.0200. The summed E-state index contributed by atoms with van der Waals surface area (Å²) in [4.78, 5) is 27.6. The van der Waals surface area contributed by atoms with Gasteiger partial charge in [-0.2, -0.15) is 5.10 Å². The highest BCUT2D eigenvalue weighted by Crippen LogP contribution is 2.38. The minimum atomic E-state index is -0.712. The second-order valence-electron chi connectivity index (χ2n) is 7.64. The van der Waals surface area contributed by atoms with Gasteiger partial charge in [0.1, 0.15) is 23.5 Å². The van der Waals surface area contributed by atoms with Gasteiger partial charge in [0.25, 0.3) is 5.91 Å². The molecular weight excluding hydrogens is 395 g/mol. The Morgan fingerprint density at radius 3 is 3.00 bits per heavy atom. The molecule has 154 valence electrons. The molecule has 1 amide bonds. The molecule has 3 aliphatic rings. The maximum absolute atomic E-state index is 14.1. The number of nitrogens with zero attached hydrogens (tertiary/aromatic N) is 5. The van der Waals surface area contributed by atoms with E-state index in [1.165, 1.54) is 16.8 Å². The molecule has 2 saturated heterocycles. The Hall–Kier alpha value is -3.31. The Balaban J connectivity index is 1.54. The number of carbonyl (C=O) groups is 1. The maximum Gasteiger partial charge on any atom is 0.257 e. The molecule has 0 aromatic carbocycles. The van der Waals surface area contributed by atoms with Gasteiger partial charge in [0.2, 0.25) is 5.88 Å². The maximum atomic E-state index is 14.1. The number of halogens is 1. The Kier molecular flexibility index (Phi) is 3.71. The molecule has 0 saturated carbocycles. The third kappa shape index (κ3) is 2.62. The Labute approximate surface area is 169 Å². The summed E-state index contributed by atoms with van der Waals surface area (Å²) in [5.41, 5.74) is 0.576. The molecule has 10 nitrogen and oxygen atoms in total. The summed E-state index contributed by atoms with van der Waals surface area (Å²) in [6, 6.07) is 2.79. The third-order valence-electron chi connectivity index (χ3n) is 5.55. The van der Waals surface area contributed by atoms with Crippen molar-refractivity contribution in [2.24, 2.45) is 0 Å². The zero-order chi connectivity index (χ0) is 20.3. The molecule has 3 aromatic heterocycles. The fourth-order valence-corrected chi connectivity index (χ4v) is 3.98. The van der Waals surface area contributed by atoms with E-state index in [0.29, 0.717) is 54.7 Å². The Bertz CT molecular complexity index is 1160. The van der Waals surface area contributed by atoms with Gasteiger partial charge in [0, 0.05) is 24.2 Å². The van der Waals surface area contributed by atoms with Crippen molar-refractivity contribution < 1.29 is 23.5 Å². The van der Waals surface area contributed by atoms with E-state index >= 15 is 0 Å². The Morgan fingerprint density at radius 2 is 2.17 bits per heavy atom. The number of hydroxylamine groups is 1. The van der Waals surface area contributed by atoms with Crippen LogP contribution in [0.4, 0.5) is 10.2 Å². The van der Waals surface area contributed by atoms with Gasteiger partial charge in [-0.3, -0.25) is 9.63 Å². The van der Waals surface area contributed by atoms with E-state index in [4.69, 9.17) is 14.3 Å². The van der Waals surface area contributed by atoms with Gasteiger partial charge in [-0.1, -0.05) is 0 Å². The summed E-state index contributed by atoms with van der Waals surface area (Å²) in [5, 5.41) is 8.82. The van der Waals surface area contributed by atoms with Gasteiger partial charge in [0.05, 0.1) is 38.3 Å². The largest absolute Gasteiger partial charge is 0.475 e. The summed E-state index contributed by atoms with van der Waals surface area (Å²) in [6.07, 6.45) is 4.90. The van der Waals surface area contributed by atoms with Crippen molar-refractivity contribution in [2.75, 3.05) is 31.5 Å². The minimum absolute atomic E-state index is 0.132. The Morgan fingerprint density at radius 1 is 1.27 bits per heavy atom. The molecule has 3 aliphatic heterocycles. The van der Waals surface area contributed by atoms with Crippen LogP contribution in [0.15, 0.2) is 30.7 Å². The van der Waals surface area contributed by atoms with Gasteiger partial charge in [-0.05, 0) is 6.07 Å². The average molecular weight is 412 g/mol. The van der Waals surface area contributed by atoms with Crippen LogP contribution < -0.4 is 15.1 Å². The van der Waals surface area contributed by atoms with Gasteiger partial charge >= 0.3 is 0 Å². The van der Waals surface area contributed by atoms with E-state index in [1.54, 1.807) is 17.3 Å². The van der Waals surface area contributed by atoms with E-state index < -0.39 is 11.4 Å². The number of hydrogen-bond acceptors (Lipinski definition) is 8. The van der Waals surface area contributed by atoms with E-state index in [0.717, 1.165) is 6.20 Å². The lowest BCUT2D eigenvalue weighted by atomic mass is 9.98. The summed E-state index contributed by atoms with van der Waals surface area (Å²) in [7, 11) is 0. The molecular formula is C19H17FN6O4. The number of anilines is 1. The molecule has 0 radical (unpaired) electrons. The van der Waals surface area contributed by atoms with Crippen LogP contribution in [-0.2, 0) is 9.57 Å². The molecule has 30 heavy (non-hydrogen) atoms. The van der Waals surface area contributed by atoms with E-state index in [2.05, 4.69) is 20.4 Å². The van der Waals surface area contributed by atoms with Crippen LogP contribution >= 0.6 is 0 Å². The quantitative estimate of drug-likeness (QED) is 0.584. The van der Waals surface area contributed by atoms with Gasteiger partial charge < -0.3 is 14.8 Å². The first-order valence-corrected chi connectivity index (χ1v) is 9.57. The fraction of sp³-hybridized carbons (Fsp3) is 0.368. The van der Waals surface area contributed by atoms with E-state index in [9.17, 15) is 9.18 Å². The summed E-state index contributed by atoms with van der Waals surface area (Å²) < 4.78 is 27.0. The molecule has 2 fully saturated rings. The number of rotatable bonds is 0. The highest BCUT2D eigenvalue weighted by Gasteiger charge is 2.43. The normalized spacial score (nSPS) is 22.4. The first-order valence-electron chi connectivity index (χ1n) is 9.57. The van der Waals surface area contributed by atoms with Crippen molar-refractivity contribution >= 4 is 17.4 Å². The zero-order valence-electron chi connectivity index (χ0n) is 15.7. The van der Waals surface area contributed by atoms with Crippen LogP contribution in [0.25, 0.3) is 5.65 Å². The molecule has 1 N–H and O–H groups in total. The van der Waals surface area contributed by atoms with E-state index in [1.807, 2.05) is 0 Å². The smallest absolute Gasteiger partial charge is 0.257 e. The second kappa shape index (κ2) is 6.34. The second-order valence-corrected chi connectivity index (χ2v) is 7.64. The predicted molar refractivity (Wildman–Crippen MR) is 99.5 cm³/mol. The zero-order valence-corrected chi connectivity index (χ0v) is 15.7. The van der Waals surface area contributed by atoms with Gasteiger partial charge in [0.15, 0.2) is 11.5 Å². The van der Waals surface area contributed by atoms with Crippen molar-refractivity contribution in [1.29, 1.82) is 0 Å². The molecule has 6 heterocycles. The molecule has 1 spiro atoms. The van der Waals surface area contributed by atoms with Gasteiger partial charge in [-0.15, -0.1) is 0 Å². The van der Waals surface area contributed by atoms with Crippen LogP contribution in [-0.4, -0.2) is 57.5 Å². The fourth-order valence-electron chi connectivity index (χ4n) is 3.98. The number of aromatic nitrogens is 4. The monoisotopic (exact) mass is 412 g/mol. The molecule has 6 rings (SSSR count). The first-order chi connectivity index (χ1) is 14.6. The van der Waals surface area contributed by atoms with Gasteiger partial charge in [-0.25, -0.2) is 23.9 Å². The number of ether oxygens (including phenoxy) is 2. The summed E-state index contributed by atoms with van der Waals surface area (Å²) in [6.45, 7) is 1.16. The predicted octanol–water partition coefficient (Wildman–Crippen LogP) is 1.04. The number of amides is 1. The van der Waals surface area contributed by atoms with Crippen molar-refractivity contribution in [1.82, 2.24) is 24.9 Å². The molecule has 1 atom stereocenters. The summed E-state index contributed by atoms with van der Waals surface area (Å²) >= 11 is 0. The molecule has 3 aromatic rings.